The molecule has 4 rings (SSSR count). The number of aryl methyl sites for hydroxylation is 1. The van der Waals surface area contributed by atoms with E-state index in [2.05, 4.69) is 10.3 Å². The van der Waals surface area contributed by atoms with Gasteiger partial charge in [0.25, 0.3) is 0 Å². The molecule has 2 heterocycles. The van der Waals surface area contributed by atoms with Crippen LogP contribution in [0.4, 0.5) is 15.8 Å². The number of benzene rings is 2. The van der Waals surface area contributed by atoms with Gasteiger partial charge in [-0.3, -0.25) is 4.98 Å². The SMILES string of the molecule is Cc1ccc(Nc2cccc3c2CCN(S(C)(=O)=O)C3)cc1-c1ncccc1F. The summed E-state index contributed by atoms with van der Waals surface area (Å²) in [6.07, 6.45) is 3.46. The molecule has 0 fully saturated rings. The van der Waals surface area contributed by atoms with Crippen LogP contribution in [0.25, 0.3) is 11.3 Å². The summed E-state index contributed by atoms with van der Waals surface area (Å²) in [7, 11) is -3.21. The molecule has 0 aliphatic carbocycles. The van der Waals surface area contributed by atoms with Crippen LogP contribution in [0.15, 0.2) is 54.7 Å². The van der Waals surface area contributed by atoms with Crippen molar-refractivity contribution >= 4 is 21.4 Å². The predicted molar refractivity (Wildman–Crippen MR) is 113 cm³/mol. The Morgan fingerprint density at radius 1 is 1.14 bits per heavy atom. The van der Waals surface area contributed by atoms with E-state index in [9.17, 15) is 12.8 Å². The monoisotopic (exact) mass is 411 g/mol. The fraction of sp³-hybridized carbons (Fsp3) is 0.227. The van der Waals surface area contributed by atoms with Gasteiger partial charge in [-0.25, -0.2) is 12.8 Å². The molecule has 5 nitrogen and oxygen atoms in total. The number of aromatic nitrogens is 1. The molecular formula is C22H22FN3O2S. The van der Waals surface area contributed by atoms with Gasteiger partial charge in [0.2, 0.25) is 10.0 Å². The normalized spacial score (nSPS) is 14.4. The Labute approximate surface area is 170 Å². The zero-order valence-corrected chi connectivity index (χ0v) is 17.1. The van der Waals surface area contributed by atoms with Crippen molar-refractivity contribution in [2.75, 3.05) is 18.1 Å². The van der Waals surface area contributed by atoms with E-state index in [0.29, 0.717) is 25.2 Å². The number of nitrogens with one attached hydrogen (secondary N) is 1. The van der Waals surface area contributed by atoms with E-state index in [4.69, 9.17) is 0 Å². The summed E-state index contributed by atoms with van der Waals surface area (Å²) in [5, 5.41) is 3.42. The Morgan fingerprint density at radius 2 is 1.97 bits per heavy atom. The van der Waals surface area contributed by atoms with Gasteiger partial charge in [-0.1, -0.05) is 18.2 Å². The fourth-order valence-electron chi connectivity index (χ4n) is 3.68. The molecule has 29 heavy (non-hydrogen) atoms. The minimum Gasteiger partial charge on any atom is -0.355 e. The number of pyridine rings is 1. The molecule has 0 saturated heterocycles. The van der Waals surface area contributed by atoms with Crippen molar-refractivity contribution in [2.24, 2.45) is 0 Å². The first-order valence-corrected chi connectivity index (χ1v) is 11.2. The smallest absolute Gasteiger partial charge is 0.211 e. The fourth-order valence-corrected chi connectivity index (χ4v) is 4.47. The summed E-state index contributed by atoms with van der Waals surface area (Å²) in [5.41, 5.74) is 5.87. The van der Waals surface area contributed by atoms with Crippen molar-refractivity contribution in [1.29, 1.82) is 0 Å². The minimum absolute atomic E-state index is 0.326. The Morgan fingerprint density at radius 3 is 2.72 bits per heavy atom. The van der Waals surface area contributed by atoms with Crippen LogP contribution >= 0.6 is 0 Å². The Bertz CT molecular complexity index is 1180. The lowest BCUT2D eigenvalue weighted by atomic mass is 9.98. The molecule has 0 bridgehead atoms. The summed E-state index contributed by atoms with van der Waals surface area (Å²) in [6.45, 7) is 2.77. The van der Waals surface area contributed by atoms with Crippen molar-refractivity contribution in [3.8, 4) is 11.3 Å². The van der Waals surface area contributed by atoms with Gasteiger partial charge in [0.1, 0.15) is 11.5 Å². The van der Waals surface area contributed by atoms with E-state index in [0.717, 1.165) is 33.6 Å². The maximum Gasteiger partial charge on any atom is 0.211 e. The van der Waals surface area contributed by atoms with Crippen molar-refractivity contribution in [3.63, 3.8) is 0 Å². The quantitative estimate of drug-likeness (QED) is 0.697. The minimum atomic E-state index is -3.21. The maximum atomic E-state index is 14.2. The number of fused-ring (bicyclic) bond motifs is 1. The lowest BCUT2D eigenvalue weighted by Gasteiger charge is -2.28. The molecule has 1 aliphatic heterocycles. The van der Waals surface area contributed by atoms with Crippen molar-refractivity contribution < 1.29 is 12.8 Å². The van der Waals surface area contributed by atoms with Gasteiger partial charge in [-0.05, 0) is 60.4 Å². The van der Waals surface area contributed by atoms with Crippen LogP contribution in [-0.2, 0) is 23.0 Å². The molecule has 0 amide bonds. The van der Waals surface area contributed by atoms with Crippen LogP contribution in [0.5, 0.6) is 0 Å². The lowest BCUT2D eigenvalue weighted by molar-refractivity contribution is 0.395. The molecule has 7 heteroatoms. The molecule has 1 aliphatic rings. The molecule has 0 spiro atoms. The zero-order chi connectivity index (χ0) is 20.6. The number of halogens is 1. The number of hydrogen-bond acceptors (Lipinski definition) is 4. The third-order valence-electron chi connectivity index (χ3n) is 5.23. The molecule has 1 aromatic heterocycles. The number of hydrogen-bond donors (Lipinski definition) is 1. The van der Waals surface area contributed by atoms with Crippen LogP contribution in [0.3, 0.4) is 0 Å². The van der Waals surface area contributed by atoms with Gasteiger partial charge < -0.3 is 5.32 Å². The second-order valence-electron chi connectivity index (χ2n) is 7.28. The molecule has 2 aromatic carbocycles. The van der Waals surface area contributed by atoms with Gasteiger partial charge in [-0.15, -0.1) is 0 Å². The molecule has 0 radical (unpaired) electrons. The standard InChI is InChI=1S/C22H22FN3O2S/c1-15-8-9-17(13-19(15)22-20(23)6-4-11-24-22)25-21-7-3-5-16-14-26(29(2,27)28)12-10-18(16)21/h3-9,11,13,25H,10,12,14H2,1-2H3. The second-order valence-corrected chi connectivity index (χ2v) is 9.26. The van der Waals surface area contributed by atoms with Gasteiger partial charge >= 0.3 is 0 Å². The van der Waals surface area contributed by atoms with Gasteiger partial charge in [0, 0.05) is 36.2 Å². The largest absolute Gasteiger partial charge is 0.355 e. The van der Waals surface area contributed by atoms with Gasteiger partial charge in [0.05, 0.1) is 6.26 Å². The van der Waals surface area contributed by atoms with E-state index < -0.39 is 10.0 Å². The van der Waals surface area contributed by atoms with E-state index in [-0.39, 0.29) is 5.82 Å². The highest BCUT2D eigenvalue weighted by Crippen LogP contribution is 2.32. The summed E-state index contributed by atoms with van der Waals surface area (Å²) >= 11 is 0. The first-order chi connectivity index (χ1) is 13.8. The van der Waals surface area contributed by atoms with Crippen LogP contribution < -0.4 is 5.32 Å². The summed E-state index contributed by atoms with van der Waals surface area (Å²) in [6, 6.07) is 14.6. The molecule has 1 N–H and O–H groups in total. The lowest BCUT2D eigenvalue weighted by Crippen LogP contribution is -2.35. The Hall–Kier alpha value is -2.77. The molecular weight excluding hydrogens is 389 g/mol. The van der Waals surface area contributed by atoms with E-state index in [1.54, 1.807) is 12.3 Å². The number of anilines is 2. The Kier molecular flexibility index (Phi) is 5.10. The predicted octanol–water partition coefficient (Wildman–Crippen LogP) is 4.26. The molecule has 0 saturated carbocycles. The first-order valence-electron chi connectivity index (χ1n) is 9.37. The number of rotatable bonds is 4. The van der Waals surface area contributed by atoms with Crippen LogP contribution in [0.2, 0.25) is 0 Å². The summed E-state index contributed by atoms with van der Waals surface area (Å²) < 4.78 is 39.5. The summed E-state index contributed by atoms with van der Waals surface area (Å²) in [4.78, 5) is 4.19. The third kappa shape index (κ3) is 4.02. The maximum absolute atomic E-state index is 14.2. The molecule has 0 atom stereocenters. The Balaban J connectivity index is 1.67. The van der Waals surface area contributed by atoms with E-state index >= 15 is 0 Å². The topological polar surface area (TPSA) is 62.3 Å². The number of nitrogens with zero attached hydrogens (tertiary/aromatic N) is 2. The molecule has 0 unspecified atom stereocenters. The van der Waals surface area contributed by atoms with Crippen molar-refractivity contribution in [1.82, 2.24) is 9.29 Å². The van der Waals surface area contributed by atoms with Gasteiger partial charge in [0.15, 0.2) is 0 Å². The molecule has 3 aromatic rings. The van der Waals surface area contributed by atoms with Crippen LogP contribution in [-0.4, -0.2) is 30.5 Å². The molecule has 150 valence electrons. The van der Waals surface area contributed by atoms with E-state index in [1.165, 1.54) is 16.6 Å². The van der Waals surface area contributed by atoms with Crippen molar-refractivity contribution in [3.05, 3.63) is 77.2 Å². The average Bonchev–Trinajstić information content (AvgIpc) is 2.69. The number of sulfonamides is 1. The average molecular weight is 412 g/mol. The van der Waals surface area contributed by atoms with Crippen LogP contribution in [0, 0.1) is 12.7 Å². The highest BCUT2D eigenvalue weighted by molar-refractivity contribution is 7.88. The van der Waals surface area contributed by atoms with E-state index in [1.807, 2.05) is 43.3 Å². The van der Waals surface area contributed by atoms with Crippen molar-refractivity contribution in [2.45, 2.75) is 19.9 Å². The summed E-state index contributed by atoms with van der Waals surface area (Å²) in [5.74, 6) is -0.356. The highest BCUT2D eigenvalue weighted by Gasteiger charge is 2.24. The second kappa shape index (κ2) is 7.57. The highest BCUT2D eigenvalue weighted by atomic mass is 32.2. The van der Waals surface area contributed by atoms with Gasteiger partial charge in [-0.2, -0.15) is 4.31 Å². The van der Waals surface area contributed by atoms with Crippen LogP contribution in [0.1, 0.15) is 16.7 Å². The third-order valence-corrected chi connectivity index (χ3v) is 6.48. The zero-order valence-electron chi connectivity index (χ0n) is 16.3. The first kappa shape index (κ1) is 19.5.